The summed E-state index contributed by atoms with van der Waals surface area (Å²) in [5.74, 6) is -0.452. The minimum Gasteiger partial charge on any atom is -0.469 e. The van der Waals surface area contributed by atoms with E-state index in [0.29, 0.717) is 19.4 Å². The molecule has 24 heavy (non-hydrogen) atoms. The van der Waals surface area contributed by atoms with Crippen LogP contribution in [0.1, 0.15) is 18.4 Å². The molecule has 1 aromatic carbocycles. The number of hydrogen-bond acceptors (Lipinski definition) is 5. The minimum absolute atomic E-state index is 0.0471. The Hall–Kier alpha value is -2.18. The van der Waals surface area contributed by atoms with E-state index in [4.69, 9.17) is 4.74 Å². The summed E-state index contributed by atoms with van der Waals surface area (Å²) in [7, 11) is 3.36. The maximum Gasteiger partial charge on any atom is 0.308 e. The highest BCUT2D eigenvalue weighted by Gasteiger charge is 2.39. The Kier molecular flexibility index (Phi) is 4.97. The molecule has 1 saturated carbocycles. The maximum atomic E-state index is 11.7. The van der Waals surface area contributed by atoms with Gasteiger partial charge in [0.15, 0.2) is 0 Å². The first-order chi connectivity index (χ1) is 11.6. The molecule has 0 radical (unpaired) electrons. The Morgan fingerprint density at radius 3 is 2.83 bits per heavy atom. The van der Waals surface area contributed by atoms with E-state index >= 15 is 0 Å². The fraction of sp³-hybridized carbons (Fsp3) is 0.444. The number of aliphatic hydroxyl groups excluding tert-OH is 1. The summed E-state index contributed by atoms with van der Waals surface area (Å²) in [5.41, 5.74) is 2.08. The lowest BCUT2D eigenvalue weighted by Gasteiger charge is -2.26. The number of esters is 1. The van der Waals surface area contributed by atoms with Crippen LogP contribution < -0.4 is 0 Å². The highest BCUT2D eigenvalue weighted by molar-refractivity contribution is 5.72. The highest BCUT2D eigenvalue weighted by Crippen LogP contribution is 2.30. The zero-order valence-electron chi connectivity index (χ0n) is 14.0. The lowest BCUT2D eigenvalue weighted by molar-refractivity contribution is -0.145. The molecular weight excluding hydrogens is 306 g/mol. The summed E-state index contributed by atoms with van der Waals surface area (Å²) in [6.07, 6.45) is 4.40. The van der Waals surface area contributed by atoms with Gasteiger partial charge in [-0.2, -0.15) is 5.10 Å². The number of rotatable bonds is 5. The van der Waals surface area contributed by atoms with E-state index in [9.17, 15) is 9.90 Å². The van der Waals surface area contributed by atoms with Crippen LogP contribution in [0.4, 0.5) is 0 Å². The number of aliphatic hydroxyl groups is 1. The van der Waals surface area contributed by atoms with Crippen molar-refractivity contribution in [2.75, 3.05) is 14.2 Å². The molecule has 1 aliphatic rings. The van der Waals surface area contributed by atoms with Crippen LogP contribution in [0.2, 0.25) is 0 Å². The third-order valence-electron chi connectivity index (χ3n) is 4.69. The SMILES string of the molecule is COC(=O)[C@H]1C[C@@H](N(C)Cc2cnn(-c3ccccc3)c2)[C@@H](O)C1. The zero-order valence-corrected chi connectivity index (χ0v) is 14.0. The second-order valence-corrected chi connectivity index (χ2v) is 6.37. The number of ether oxygens (including phenoxy) is 1. The highest BCUT2D eigenvalue weighted by atomic mass is 16.5. The molecule has 0 unspecified atom stereocenters. The van der Waals surface area contributed by atoms with E-state index in [1.807, 2.05) is 54.5 Å². The van der Waals surface area contributed by atoms with Crippen molar-refractivity contribution in [1.29, 1.82) is 0 Å². The first kappa shape index (κ1) is 16.7. The Labute approximate surface area is 141 Å². The van der Waals surface area contributed by atoms with Gasteiger partial charge in [-0.15, -0.1) is 0 Å². The molecule has 0 spiro atoms. The number of likely N-dealkylation sites (N-methyl/N-ethyl adjacent to an activating group) is 1. The van der Waals surface area contributed by atoms with Crippen molar-refractivity contribution < 1.29 is 14.6 Å². The Morgan fingerprint density at radius 2 is 2.12 bits per heavy atom. The van der Waals surface area contributed by atoms with Crippen LogP contribution in [0.3, 0.4) is 0 Å². The second kappa shape index (κ2) is 7.15. The van der Waals surface area contributed by atoms with Crippen LogP contribution in [0.25, 0.3) is 5.69 Å². The predicted octanol–water partition coefficient (Wildman–Crippen LogP) is 1.62. The Bertz CT molecular complexity index is 686. The average molecular weight is 329 g/mol. The van der Waals surface area contributed by atoms with Gasteiger partial charge in [-0.25, -0.2) is 4.68 Å². The first-order valence-corrected chi connectivity index (χ1v) is 8.13. The number of para-hydroxylation sites is 1. The second-order valence-electron chi connectivity index (χ2n) is 6.37. The van der Waals surface area contributed by atoms with E-state index in [2.05, 4.69) is 10.00 Å². The number of carbonyl (C=O) groups excluding carboxylic acids is 1. The van der Waals surface area contributed by atoms with Gasteiger partial charge in [-0.1, -0.05) is 18.2 Å². The Balaban J connectivity index is 1.64. The van der Waals surface area contributed by atoms with Gasteiger partial charge in [0.25, 0.3) is 0 Å². The average Bonchev–Trinajstić information content (AvgIpc) is 3.21. The number of nitrogens with zero attached hydrogens (tertiary/aromatic N) is 3. The molecular formula is C18H23N3O3. The van der Waals surface area contributed by atoms with Gasteiger partial charge >= 0.3 is 5.97 Å². The number of benzene rings is 1. The van der Waals surface area contributed by atoms with E-state index in [1.54, 1.807) is 0 Å². The smallest absolute Gasteiger partial charge is 0.308 e. The number of hydrogen-bond donors (Lipinski definition) is 1. The predicted molar refractivity (Wildman–Crippen MR) is 89.6 cm³/mol. The van der Waals surface area contributed by atoms with Crippen LogP contribution in [-0.2, 0) is 16.1 Å². The van der Waals surface area contributed by atoms with Crippen molar-refractivity contribution in [3.63, 3.8) is 0 Å². The molecule has 0 aliphatic heterocycles. The third-order valence-corrected chi connectivity index (χ3v) is 4.69. The summed E-state index contributed by atoms with van der Waals surface area (Å²) < 4.78 is 6.64. The lowest BCUT2D eigenvalue weighted by atomic mass is 10.1. The zero-order chi connectivity index (χ0) is 17.1. The minimum atomic E-state index is -0.511. The van der Waals surface area contributed by atoms with Crippen molar-refractivity contribution in [1.82, 2.24) is 14.7 Å². The molecule has 2 aromatic rings. The van der Waals surface area contributed by atoms with Crippen molar-refractivity contribution in [3.05, 3.63) is 48.3 Å². The van der Waals surface area contributed by atoms with E-state index in [-0.39, 0.29) is 17.9 Å². The summed E-state index contributed by atoms with van der Waals surface area (Å²) in [6, 6.07) is 9.88. The lowest BCUT2D eigenvalue weighted by Crippen LogP contribution is -2.37. The molecule has 3 rings (SSSR count). The molecule has 0 amide bonds. The van der Waals surface area contributed by atoms with Gasteiger partial charge in [-0.3, -0.25) is 9.69 Å². The molecule has 128 valence electrons. The molecule has 1 heterocycles. The number of methoxy groups -OCH3 is 1. The van der Waals surface area contributed by atoms with Gasteiger partial charge in [0.2, 0.25) is 0 Å². The summed E-state index contributed by atoms with van der Waals surface area (Å²) in [6.45, 7) is 0.669. The fourth-order valence-electron chi connectivity index (χ4n) is 3.40. The molecule has 6 nitrogen and oxygen atoms in total. The van der Waals surface area contributed by atoms with Crippen LogP contribution in [0.5, 0.6) is 0 Å². The van der Waals surface area contributed by atoms with Crippen LogP contribution in [0, 0.1) is 5.92 Å². The van der Waals surface area contributed by atoms with Crippen molar-refractivity contribution >= 4 is 5.97 Å². The molecule has 6 heteroatoms. The van der Waals surface area contributed by atoms with E-state index in [1.165, 1.54) is 7.11 Å². The molecule has 1 N–H and O–H groups in total. The van der Waals surface area contributed by atoms with Crippen LogP contribution in [-0.4, -0.2) is 52.1 Å². The molecule has 0 saturated heterocycles. The van der Waals surface area contributed by atoms with Crippen LogP contribution in [0.15, 0.2) is 42.7 Å². The van der Waals surface area contributed by atoms with Gasteiger partial charge < -0.3 is 9.84 Å². The monoisotopic (exact) mass is 329 g/mol. The molecule has 3 atom stereocenters. The number of carbonyl (C=O) groups is 1. The van der Waals surface area contributed by atoms with Gasteiger partial charge in [0.1, 0.15) is 0 Å². The summed E-state index contributed by atoms with van der Waals surface area (Å²) in [5, 5.41) is 14.7. The first-order valence-electron chi connectivity index (χ1n) is 8.13. The summed E-state index contributed by atoms with van der Waals surface area (Å²) >= 11 is 0. The number of aromatic nitrogens is 2. The molecule has 0 bridgehead atoms. The fourth-order valence-corrected chi connectivity index (χ4v) is 3.40. The summed E-state index contributed by atoms with van der Waals surface area (Å²) in [4.78, 5) is 13.8. The van der Waals surface area contributed by atoms with Crippen molar-refractivity contribution in [2.45, 2.75) is 31.5 Å². The topological polar surface area (TPSA) is 67.6 Å². The van der Waals surface area contributed by atoms with Gasteiger partial charge in [-0.05, 0) is 32.0 Å². The van der Waals surface area contributed by atoms with Crippen molar-refractivity contribution in [3.8, 4) is 5.69 Å². The quantitative estimate of drug-likeness (QED) is 0.844. The maximum absolute atomic E-state index is 11.7. The van der Waals surface area contributed by atoms with Crippen molar-refractivity contribution in [2.24, 2.45) is 5.92 Å². The third kappa shape index (κ3) is 3.49. The van der Waals surface area contributed by atoms with Gasteiger partial charge in [0.05, 0.1) is 31.0 Å². The van der Waals surface area contributed by atoms with Gasteiger partial charge in [0, 0.05) is 24.3 Å². The standard InChI is InChI=1S/C18H23N3O3/c1-20(16-8-14(9-17(16)22)18(23)24-2)11-13-10-19-21(12-13)15-6-4-3-5-7-15/h3-7,10,12,14,16-17,22H,8-9,11H2,1-2H3/t14-,16+,17-/m0/s1. The Morgan fingerprint density at radius 1 is 1.38 bits per heavy atom. The van der Waals surface area contributed by atoms with E-state index in [0.717, 1.165) is 11.3 Å². The normalized spacial score (nSPS) is 23.6. The van der Waals surface area contributed by atoms with E-state index < -0.39 is 6.10 Å². The molecule has 1 fully saturated rings. The molecule has 1 aromatic heterocycles. The molecule has 1 aliphatic carbocycles. The largest absolute Gasteiger partial charge is 0.469 e. The van der Waals surface area contributed by atoms with Crippen LogP contribution >= 0.6 is 0 Å².